The van der Waals surface area contributed by atoms with E-state index < -0.39 is 19.7 Å². The molecular weight excluding hydrogens is 376 g/mol. The van der Waals surface area contributed by atoms with Crippen molar-refractivity contribution in [3.8, 4) is 11.5 Å². The zero-order valence-electron chi connectivity index (χ0n) is 14.7. The molecule has 0 N–H and O–H groups in total. The summed E-state index contributed by atoms with van der Waals surface area (Å²) >= 11 is 0. The third-order valence-electron chi connectivity index (χ3n) is 3.91. The number of unbranched alkanes of at least 4 members (excludes halogenated alkanes) is 1. The first-order valence-corrected chi connectivity index (χ1v) is 11.3. The van der Waals surface area contributed by atoms with Crippen molar-refractivity contribution in [3.05, 3.63) is 48.5 Å². The summed E-state index contributed by atoms with van der Waals surface area (Å²) in [6.45, 7) is 0. The fourth-order valence-corrected chi connectivity index (χ4v) is 5.13. The summed E-state index contributed by atoms with van der Waals surface area (Å²) < 4.78 is 59.2. The highest BCUT2D eigenvalue weighted by molar-refractivity contribution is 7.91. The maximum absolute atomic E-state index is 12.3. The molecule has 2 rings (SSSR count). The topological polar surface area (TPSA) is 86.7 Å². The normalized spacial score (nSPS) is 11.9. The summed E-state index contributed by atoms with van der Waals surface area (Å²) in [5.41, 5.74) is 0. The van der Waals surface area contributed by atoms with Gasteiger partial charge in [-0.3, -0.25) is 0 Å². The molecule has 2 aromatic rings. The van der Waals surface area contributed by atoms with Crippen LogP contribution in [-0.4, -0.2) is 42.6 Å². The molecule has 0 radical (unpaired) electrons. The summed E-state index contributed by atoms with van der Waals surface area (Å²) in [7, 11) is -3.87. The smallest absolute Gasteiger partial charge is 0.178 e. The molecule has 0 amide bonds. The molecule has 8 heteroatoms. The number of hydrogen-bond acceptors (Lipinski definition) is 6. The molecule has 0 spiro atoms. The third-order valence-corrected chi connectivity index (χ3v) is 7.55. The number of rotatable bonds is 9. The lowest BCUT2D eigenvalue weighted by molar-refractivity contribution is 0.414. The Morgan fingerprint density at radius 2 is 0.923 bits per heavy atom. The van der Waals surface area contributed by atoms with Crippen molar-refractivity contribution < 1.29 is 26.3 Å². The number of hydrogen-bond donors (Lipinski definition) is 0. The fourth-order valence-electron chi connectivity index (χ4n) is 2.39. The first-order chi connectivity index (χ1) is 12.3. The van der Waals surface area contributed by atoms with Crippen LogP contribution in [-0.2, 0) is 19.7 Å². The highest BCUT2D eigenvalue weighted by Gasteiger charge is 2.17. The van der Waals surface area contributed by atoms with Gasteiger partial charge in [0.25, 0.3) is 0 Å². The lowest BCUT2D eigenvalue weighted by Crippen LogP contribution is -2.11. The van der Waals surface area contributed by atoms with E-state index in [-0.39, 0.29) is 34.1 Å². The summed E-state index contributed by atoms with van der Waals surface area (Å²) in [5.74, 6) is 0.957. The molecule has 0 fully saturated rings. The largest absolute Gasteiger partial charge is 0.497 e. The van der Waals surface area contributed by atoms with Crippen LogP contribution in [0.4, 0.5) is 0 Å². The van der Waals surface area contributed by atoms with E-state index in [0.29, 0.717) is 11.5 Å². The minimum Gasteiger partial charge on any atom is -0.497 e. The van der Waals surface area contributed by atoms with Gasteiger partial charge < -0.3 is 9.47 Å². The second-order valence-corrected chi connectivity index (χ2v) is 9.91. The van der Waals surface area contributed by atoms with Crippen LogP contribution in [0.1, 0.15) is 12.8 Å². The second-order valence-electron chi connectivity index (χ2n) is 5.70. The lowest BCUT2D eigenvalue weighted by Gasteiger charge is -2.07. The van der Waals surface area contributed by atoms with Crippen molar-refractivity contribution in [2.24, 2.45) is 0 Å². The molecule has 26 heavy (non-hydrogen) atoms. The maximum atomic E-state index is 12.3. The summed E-state index contributed by atoms with van der Waals surface area (Å²) in [6, 6.07) is 12.3. The number of ether oxygens (including phenoxy) is 2. The Morgan fingerprint density at radius 3 is 1.19 bits per heavy atom. The van der Waals surface area contributed by atoms with E-state index in [1.54, 1.807) is 24.3 Å². The Bertz CT molecular complexity index is 835. The summed E-state index contributed by atoms with van der Waals surface area (Å²) in [4.78, 5) is 0.410. The molecule has 0 aromatic heterocycles. The molecule has 6 nitrogen and oxygen atoms in total. The third kappa shape index (κ3) is 5.22. The van der Waals surface area contributed by atoms with E-state index in [0.717, 1.165) is 0 Å². The van der Waals surface area contributed by atoms with Crippen molar-refractivity contribution in [1.29, 1.82) is 0 Å². The van der Waals surface area contributed by atoms with Gasteiger partial charge in [-0.05, 0) is 61.4 Å². The van der Waals surface area contributed by atoms with Gasteiger partial charge >= 0.3 is 0 Å². The SMILES string of the molecule is COc1ccc(S(=O)(=O)CCCCS(=O)(=O)c2ccc(OC)cc2)cc1. The highest BCUT2D eigenvalue weighted by atomic mass is 32.2. The van der Waals surface area contributed by atoms with Gasteiger partial charge in [-0.25, -0.2) is 16.8 Å². The lowest BCUT2D eigenvalue weighted by atomic mass is 10.3. The van der Waals surface area contributed by atoms with Gasteiger partial charge in [-0.2, -0.15) is 0 Å². The Hall–Kier alpha value is -2.06. The molecule has 2 aromatic carbocycles. The minimum absolute atomic E-state index is 0.0997. The Labute approximate surface area is 154 Å². The molecule has 0 saturated carbocycles. The fraction of sp³-hybridized carbons (Fsp3) is 0.333. The van der Waals surface area contributed by atoms with Gasteiger partial charge in [0.2, 0.25) is 0 Å². The summed E-state index contributed by atoms with van der Waals surface area (Å²) in [6.07, 6.45) is 0.535. The van der Waals surface area contributed by atoms with Crippen LogP contribution in [0.5, 0.6) is 11.5 Å². The predicted octanol–water partition coefficient (Wildman–Crippen LogP) is 2.73. The Kier molecular flexibility index (Phi) is 6.66. The predicted molar refractivity (Wildman–Crippen MR) is 99.3 cm³/mol. The highest BCUT2D eigenvalue weighted by Crippen LogP contribution is 2.20. The van der Waals surface area contributed by atoms with Gasteiger partial charge in [-0.15, -0.1) is 0 Å². The van der Waals surface area contributed by atoms with Crippen LogP contribution in [0.15, 0.2) is 58.3 Å². The van der Waals surface area contributed by atoms with Gasteiger partial charge in [0, 0.05) is 0 Å². The molecule has 0 aliphatic heterocycles. The minimum atomic E-state index is -3.44. The average molecular weight is 399 g/mol. The molecule has 0 aliphatic carbocycles. The molecule has 0 heterocycles. The second kappa shape index (κ2) is 8.55. The average Bonchev–Trinajstić information content (AvgIpc) is 2.65. The van der Waals surface area contributed by atoms with E-state index >= 15 is 0 Å². The summed E-state index contributed by atoms with van der Waals surface area (Å²) in [5, 5.41) is 0. The van der Waals surface area contributed by atoms with E-state index in [2.05, 4.69) is 0 Å². The molecular formula is C18H22O6S2. The van der Waals surface area contributed by atoms with E-state index in [1.807, 2.05) is 0 Å². The van der Waals surface area contributed by atoms with Crippen LogP contribution in [0.3, 0.4) is 0 Å². The van der Waals surface area contributed by atoms with Crippen LogP contribution in [0, 0.1) is 0 Å². The molecule has 0 unspecified atom stereocenters. The van der Waals surface area contributed by atoms with Gasteiger partial charge in [0.1, 0.15) is 11.5 Å². The van der Waals surface area contributed by atoms with Crippen molar-refractivity contribution in [3.63, 3.8) is 0 Å². The van der Waals surface area contributed by atoms with Crippen molar-refractivity contribution in [2.45, 2.75) is 22.6 Å². The molecule has 142 valence electrons. The zero-order valence-corrected chi connectivity index (χ0v) is 16.3. The quantitative estimate of drug-likeness (QED) is 0.604. The van der Waals surface area contributed by atoms with Crippen LogP contribution in [0.2, 0.25) is 0 Å². The van der Waals surface area contributed by atoms with Crippen LogP contribution < -0.4 is 9.47 Å². The van der Waals surface area contributed by atoms with E-state index in [9.17, 15) is 16.8 Å². The van der Waals surface area contributed by atoms with Gasteiger partial charge in [0.05, 0.1) is 35.5 Å². The van der Waals surface area contributed by atoms with Crippen molar-refractivity contribution in [1.82, 2.24) is 0 Å². The number of sulfone groups is 2. The van der Waals surface area contributed by atoms with E-state index in [1.165, 1.54) is 38.5 Å². The Morgan fingerprint density at radius 1 is 0.615 bits per heavy atom. The number of benzene rings is 2. The Balaban J connectivity index is 1.91. The standard InChI is InChI=1S/C18H22O6S2/c1-23-15-5-9-17(10-6-15)25(19,20)13-3-4-14-26(21,22)18-11-7-16(24-2)8-12-18/h5-12H,3-4,13-14H2,1-2H3. The van der Waals surface area contributed by atoms with Gasteiger partial charge in [-0.1, -0.05) is 0 Å². The van der Waals surface area contributed by atoms with Gasteiger partial charge in [0.15, 0.2) is 19.7 Å². The van der Waals surface area contributed by atoms with Crippen molar-refractivity contribution in [2.75, 3.05) is 25.7 Å². The maximum Gasteiger partial charge on any atom is 0.178 e. The monoisotopic (exact) mass is 398 g/mol. The molecule has 0 aliphatic rings. The zero-order chi connectivity index (χ0) is 19.2. The number of methoxy groups -OCH3 is 2. The molecule has 0 bridgehead atoms. The van der Waals surface area contributed by atoms with E-state index in [4.69, 9.17) is 9.47 Å². The van der Waals surface area contributed by atoms with Crippen LogP contribution >= 0.6 is 0 Å². The molecule has 0 atom stereocenters. The first kappa shape index (κ1) is 20.3. The van der Waals surface area contributed by atoms with Crippen LogP contribution in [0.25, 0.3) is 0 Å². The molecule has 0 saturated heterocycles. The first-order valence-electron chi connectivity index (χ1n) is 8.02. The van der Waals surface area contributed by atoms with Crippen molar-refractivity contribution >= 4 is 19.7 Å².